The van der Waals surface area contributed by atoms with Gasteiger partial charge in [-0.15, -0.1) is 0 Å². The summed E-state index contributed by atoms with van der Waals surface area (Å²) >= 11 is 1.43. The van der Waals surface area contributed by atoms with E-state index in [1.165, 1.54) is 24.9 Å². The van der Waals surface area contributed by atoms with Crippen LogP contribution in [0.1, 0.15) is 5.56 Å². The van der Waals surface area contributed by atoms with Crippen LogP contribution >= 0.6 is 11.8 Å². The number of hydrogen-bond donors (Lipinski definition) is 0. The molecule has 0 aliphatic heterocycles. The topological polar surface area (TPSA) is 47.4 Å². The Morgan fingerprint density at radius 1 is 1.22 bits per heavy atom. The van der Waals surface area contributed by atoms with Gasteiger partial charge in [0.2, 0.25) is 0 Å². The zero-order chi connectivity index (χ0) is 19.4. The van der Waals surface area contributed by atoms with Gasteiger partial charge in [-0.25, -0.2) is 9.37 Å². The van der Waals surface area contributed by atoms with Crippen LogP contribution in [0.4, 0.5) is 4.39 Å². The molecule has 0 saturated heterocycles. The van der Waals surface area contributed by atoms with Gasteiger partial charge < -0.3 is 9.64 Å². The van der Waals surface area contributed by atoms with E-state index in [1.807, 2.05) is 43.3 Å². The zero-order valence-corrected chi connectivity index (χ0v) is 16.4. The van der Waals surface area contributed by atoms with Crippen molar-refractivity contribution in [2.24, 2.45) is 0 Å². The first-order chi connectivity index (χ1) is 13.0. The van der Waals surface area contributed by atoms with Crippen molar-refractivity contribution in [3.63, 3.8) is 0 Å². The fourth-order valence-corrected chi connectivity index (χ4v) is 3.67. The Balaban J connectivity index is 1.93. The van der Waals surface area contributed by atoms with E-state index in [2.05, 4.69) is 4.98 Å². The van der Waals surface area contributed by atoms with Crippen molar-refractivity contribution >= 4 is 22.7 Å². The Hall–Kier alpha value is -2.38. The highest BCUT2D eigenvalue weighted by Crippen LogP contribution is 2.25. The zero-order valence-electron chi connectivity index (χ0n) is 15.6. The van der Waals surface area contributed by atoms with Gasteiger partial charge in [-0.2, -0.15) is 0 Å². The van der Waals surface area contributed by atoms with Gasteiger partial charge in [0, 0.05) is 18.8 Å². The lowest BCUT2D eigenvalue weighted by atomic mass is 10.2. The fraction of sp³-hybridized carbons (Fsp3) is 0.300. The molecule has 0 radical (unpaired) electrons. The second-order valence-electron chi connectivity index (χ2n) is 6.43. The maximum absolute atomic E-state index is 13.9. The van der Waals surface area contributed by atoms with Gasteiger partial charge in [0.25, 0.3) is 5.56 Å². The van der Waals surface area contributed by atoms with Crippen molar-refractivity contribution in [1.82, 2.24) is 14.5 Å². The molecule has 3 aromatic rings. The quantitative estimate of drug-likeness (QED) is 0.459. The van der Waals surface area contributed by atoms with Crippen LogP contribution in [-0.2, 0) is 12.3 Å². The average molecular weight is 387 g/mol. The molecular weight excluding hydrogens is 365 g/mol. The van der Waals surface area contributed by atoms with Gasteiger partial charge in [-0.1, -0.05) is 30.0 Å². The van der Waals surface area contributed by atoms with E-state index in [9.17, 15) is 9.18 Å². The number of methoxy groups -OCH3 is 1. The largest absolute Gasteiger partial charge is 0.494 e. The molecule has 0 fully saturated rings. The Morgan fingerprint density at radius 2 is 2.00 bits per heavy atom. The fourth-order valence-electron chi connectivity index (χ4n) is 2.70. The van der Waals surface area contributed by atoms with E-state index in [0.29, 0.717) is 28.4 Å². The van der Waals surface area contributed by atoms with Crippen molar-refractivity contribution in [3.05, 3.63) is 64.2 Å². The lowest BCUT2D eigenvalue weighted by Crippen LogP contribution is -2.28. The molecule has 7 heteroatoms. The minimum atomic E-state index is -0.396. The number of para-hydroxylation sites is 1. The normalized spacial score (nSPS) is 11.3. The van der Waals surface area contributed by atoms with Crippen molar-refractivity contribution < 1.29 is 9.13 Å². The highest BCUT2D eigenvalue weighted by atomic mass is 32.2. The molecule has 3 rings (SSSR count). The number of fused-ring (bicyclic) bond motifs is 1. The summed E-state index contributed by atoms with van der Waals surface area (Å²) in [5.41, 5.74) is 1.43. The van der Waals surface area contributed by atoms with Crippen LogP contribution in [0.3, 0.4) is 0 Å². The van der Waals surface area contributed by atoms with Crippen LogP contribution in [0, 0.1) is 5.82 Å². The first kappa shape index (κ1) is 19.4. The smallest absolute Gasteiger partial charge is 0.262 e. The maximum Gasteiger partial charge on any atom is 0.262 e. The molecular formula is C20H22FN3O2S. The standard InChI is InChI=1S/C20H22FN3O2S/c1-23(2)10-11-24-19(25)15-6-4-5-7-17(15)22-20(24)27-13-14-8-9-18(26-3)16(21)12-14/h4-9,12H,10-11,13H2,1-3H3. The van der Waals surface area contributed by atoms with Gasteiger partial charge in [-0.05, 0) is 43.9 Å². The molecule has 0 spiro atoms. The number of thioether (sulfide) groups is 1. The molecule has 0 aliphatic rings. The lowest BCUT2D eigenvalue weighted by molar-refractivity contribution is 0.371. The van der Waals surface area contributed by atoms with Gasteiger partial charge in [0.05, 0.1) is 18.0 Å². The van der Waals surface area contributed by atoms with Crippen LogP contribution in [0.5, 0.6) is 5.75 Å². The molecule has 5 nitrogen and oxygen atoms in total. The van der Waals surface area contributed by atoms with Crippen LogP contribution in [0.2, 0.25) is 0 Å². The summed E-state index contributed by atoms with van der Waals surface area (Å²) in [5.74, 6) is 0.329. The van der Waals surface area contributed by atoms with E-state index in [4.69, 9.17) is 4.74 Å². The Kier molecular flexibility index (Phi) is 6.13. The molecule has 1 aromatic heterocycles. The van der Waals surface area contributed by atoms with E-state index in [0.717, 1.165) is 12.1 Å². The summed E-state index contributed by atoms with van der Waals surface area (Å²) in [7, 11) is 5.37. The van der Waals surface area contributed by atoms with Crippen molar-refractivity contribution in [1.29, 1.82) is 0 Å². The number of halogens is 1. The highest BCUT2D eigenvalue weighted by Gasteiger charge is 2.12. The number of hydrogen-bond acceptors (Lipinski definition) is 5. The molecule has 142 valence electrons. The van der Waals surface area contributed by atoms with Crippen LogP contribution in [-0.4, -0.2) is 42.2 Å². The molecule has 0 atom stereocenters. The van der Waals surface area contributed by atoms with E-state index in [-0.39, 0.29) is 11.3 Å². The number of nitrogens with zero attached hydrogens (tertiary/aromatic N) is 3. The van der Waals surface area contributed by atoms with E-state index >= 15 is 0 Å². The monoisotopic (exact) mass is 387 g/mol. The predicted molar refractivity (Wildman–Crippen MR) is 107 cm³/mol. The average Bonchev–Trinajstić information content (AvgIpc) is 2.65. The number of benzene rings is 2. The van der Waals surface area contributed by atoms with Crippen LogP contribution in [0.15, 0.2) is 52.4 Å². The summed E-state index contributed by atoms with van der Waals surface area (Å²) in [6.45, 7) is 1.27. The minimum Gasteiger partial charge on any atom is -0.494 e. The minimum absolute atomic E-state index is 0.0501. The van der Waals surface area contributed by atoms with Gasteiger partial charge in [0.15, 0.2) is 16.7 Å². The third kappa shape index (κ3) is 4.48. The van der Waals surface area contributed by atoms with E-state index < -0.39 is 5.82 Å². The van der Waals surface area contributed by atoms with Crippen molar-refractivity contribution in [3.8, 4) is 5.75 Å². The number of aromatic nitrogens is 2. The third-order valence-corrected chi connectivity index (χ3v) is 5.23. The van der Waals surface area contributed by atoms with Crippen LogP contribution < -0.4 is 10.3 Å². The molecule has 0 N–H and O–H groups in total. The molecule has 0 amide bonds. The molecule has 0 bridgehead atoms. The molecule has 0 saturated carbocycles. The van der Waals surface area contributed by atoms with Crippen LogP contribution in [0.25, 0.3) is 10.9 Å². The summed E-state index contributed by atoms with van der Waals surface area (Å²) in [6, 6.07) is 12.2. The maximum atomic E-state index is 13.9. The first-order valence-electron chi connectivity index (χ1n) is 8.59. The predicted octanol–water partition coefficient (Wildman–Crippen LogP) is 3.40. The molecule has 27 heavy (non-hydrogen) atoms. The van der Waals surface area contributed by atoms with Gasteiger partial charge in [0.1, 0.15) is 0 Å². The summed E-state index contributed by atoms with van der Waals surface area (Å²) in [5, 5.41) is 1.24. The molecule has 0 aliphatic carbocycles. The molecule has 1 heterocycles. The first-order valence-corrected chi connectivity index (χ1v) is 9.57. The molecule has 2 aromatic carbocycles. The number of ether oxygens (including phenoxy) is 1. The Morgan fingerprint density at radius 3 is 2.70 bits per heavy atom. The van der Waals surface area contributed by atoms with E-state index in [1.54, 1.807) is 16.7 Å². The second-order valence-corrected chi connectivity index (χ2v) is 7.37. The summed E-state index contributed by atoms with van der Waals surface area (Å²) in [6.07, 6.45) is 0. The summed E-state index contributed by atoms with van der Waals surface area (Å²) < 4.78 is 20.6. The number of likely N-dealkylation sites (N-methyl/N-ethyl adjacent to an activating group) is 1. The molecule has 0 unspecified atom stereocenters. The van der Waals surface area contributed by atoms with Gasteiger partial charge >= 0.3 is 0 Å². The Labute approximate surface area is 161 Å². The van der Waals surface area contributed by atoms with Crippen molar-refractivity contribution in [2.75, 3.05) is 27.7 Å². The Bertz CT molecular complexity index is 1000. The number of rotatable bonds is 7. The summed E-state index contributed by atoms with van der Waals surface area (Å²) in [4.78, 5) is 19.6. The SMILES string of the molecule is COc1ccc(CSc2nc3ccccc3c(=O)n2CCN(C)C)cc1F. The van der Waals surface area contributed by atoms with Crippen molar-refractivity contribution in [2.45, 2.75) is 17.5 Å². The second kappa shape index (κ2) is 8.54. The highest BCUT2D eigenvalue weighted by molar-refractivity contribution is 7.98. The van der Waals surface area contributed by atoms with Gasteiger partial charge in [-0.3, -0.25) is 9.36 Å². The third-order valence-electron chi connectivity index (χ3n) is 4.18. The lowest BCUT2D eigenvalue weighted by Gasteiger charge is -2.15.